The molecule has 3 aromatic rings. The fourth-order valence-corrected chi connectivity index (χ4v) is 3.95. The van der Waals surface area contributed by atoms with Crippen LogP contribution in [0.4, 0.5) is 0 Å². The summed E-state index contributed by atoms with van der Waals surface area (Å²) in [7, 11) is 0. The van der Waals surface area contributed by atoms with Gasteiger partial charge in [0.25, 0.3) is 5.56 Å². The summed E-state index contributed by atoms with van der Waals surface area (Å²) < 4.78 is 14.6. The summed E-state index contributed by atoms with van der Waals surface area (Å²) >= 11 is 7.03. The highest BCUT2D eigenvalue weighted by atomic mass is 79.9. The fourth-order valence-electron chi connectivity index (χ4n) is 3.16. The zero-order valence-electron chi connectivity index (χ0n) is 18.9. The number of ether oxygens (including phenoxy) is 2. The van der Waals surface area contributed by atoms with Crippen LogP contribution in [0.15, 0.2) is 49.2 Å². The lowest BCUT2D eigenvalue weighted by molar-refractivity contribution is 0.223. The first-order valence-electron chi connectivity index (χ1n) is 10.6. The Balaban J connectivity index is 2.14. The van der Waals surface area contributed by atoms with Crippen molar-refractivity contribution in [1.82, 2.24) is 9.66 Å². The Bertz CT molecular complexity index is 1210. The Morgan fingerprint density at radius 2 is 1.88 bits per heavy atom. The van der Waals surface area contributed by atoms with E-state index in [0.29, 0.717) is 34.8 Å². The third-order valence-electron chi connectivity index (χ3n) is 4.92. The quantitative estimate of drug-likeness (QED) is 0.293. The molecule has 8 heteroatoms. The van der Waals surface area contributed by atoms with Crippen molar-refractivity contribution in [2.45, 2.75) is 53.1 Å². The first kappa shape index (κ1) is 24.5. The summed E-state index contributed by atoms with van der Waals surface area (Å²) in [4.78, 5) is 18.1. The van der Waals surface area contributed by atoms with Gasteiger partial charge >= 0.3 is 0 Å². The molecule has 1 heterocycles. The Morgan fingerprint density at radius 1 is 1.12 bits per heavy atom. The second-order valence-electron chi connectivity index (χ2n) is 7.72. The minimum atomic E-state index is -0.205. The number of halogens is 2. The van der Waals surface area contributed by atoms with Crippen molar-refractivity contribution in [2.24, 2.45) is 5.10 Å². The van der Waals surface area contributed by atoms with Crippen molar-refractivity contribution in [2.75, 3.05) is 6.61 Å². The van der Waals surface area contributed by atoms with Crippen LogP contribution >= 0.6 is 31.9 Å². The van der Waals surface area contributed by atoms with Crippen LogP contribution < -0.4 is 15.0 Å². The highest BCUT2D eigenvalue weighted by Gasteiger charge is 2.16. The van der Waals surface area contributed by atoms with Crippen LogP contribution in [0.2, 0.25) is 0 Å². The number of benzene rings is 2. The van der Waals surface area contributed by atoms with Crippen LogP contribution in [0.5, 0.6) is 11.5 Å². The Labute approximate surface area is 204 Å². The van der Waals surface area contributed by atoms with Crippen LogP contribution in [0.25, 0.3) is 10.9 Å². The predicted molar refractivity (Wildman–Crippen MR) is 136 cm³/mol. The van der Waals surface area contributed by atoms with E-state index in [9.17, 15) is 4.79 Å². The van der Waals surface area contributed by atoms with Gasteiger partial charge in [-0.3, -0.25) is 4.79 Å². The lowest BCUT2D eigenvalue weighted by Crippen LogP contribution is -2.23. The van der Waals surface area contributed by atoms with E-state index in [1.54, 1.807) is 12.3 Å². The molecule has 1 atom stereocenters. The summed E-state index contributed by atoms with van der Waals surface area (Å²) in [6.07, 6.45) is 2.49. The monoisotopic (exact) mass is 563 g/mol. The summed E-state index contributed by atoms with van der Waals surface area (Å²) in [5.41, 5.74) is 1.22. The molecular weight excluding hydrogens is 538 g/mol. The van der Waals surface area contributed by atoms with Crippen LogP contribution in [-0.4, -0.2) is 28.6 Å². The lowest BCUT2D eigenvalue weighted by Gasteiger charge is -2.16. The molecule has 6 nitrogen and oxygen atoms in total. The molecule has 0 saturated heterocycles. The molecular formula is C24H27Br2N3O3. The molecule has 0 saturated carbocycles. The molecule has 0 aliphatic carbocycles. The van der Waals surface area contributed by atoms with Crippen molar-refractivity contribution in [3.63, 3.8) is 0 Å². The SMILES string of the molecule is CCOc1cc(C=Nn2c([C@@H](C)CC)nc3ccc(Br)cc3c2=O)c(Br)cc1OC(C)C. The number of rotatable bonds is 8. The molecule has 0 aliphatic rings. The summed E-state index contributed by atoms with van der Waals surface area (Å²) in [5, 5.41) is 5.06. The molecule has 3 rings (SSSR count). The maximum atomic E-state index is 13.3. The minimum Gasteiger partial charge on any atom is -0.490 e. The van der Waals surface area contributed by atoms with Gasteiger partial charge in [0.1, 0.15) is 5.82 Å². The molecule has 1 aromatic heterocycles. The molecule has 0 radical (unpaired) electrons. The van der Waals surface area contributed by atoms with Crippen LogP contribution in [0.1, 0.15) is 58.3 Å². The molecule has 0 aliphatic heterocycles. The average molecular weight is 565 g/mol. The van der Waals surface area contributed by atoms with Gasteiger partial charge < -0.3 is 9.47 Å². The van der Waals surface area contributed by atoms with Crippen molar-refractivity contribution in [3.8, 4) is 11.5 Å². The second-order valence-corrected chi connectivity index (χ2v) is 9.49. The van der Waals surface area contributed by atoms with Gasteiger partial charge in [0.05, 0.1) is 29.8 Å². The maximum Gasteiger partial charge on any atom is 0.282 e. The molecule has 0 fully saturated rings. The van der Waals surface area contributed by atoms with E-state index in [1.807, 2.05) is 52.0 Å². The van der Waals surface area contributed by atoms with Crippen molar-refractivity contribution in [3.05, 3.63) is 61.0 Å². The molecule has 0 bridgehead atoms. The molecule has 2 aromatic carbocycles. The minimum absolute atomic E-state index is 0.0142. The van der Waals surface area contributed by atoms with Crippen LogP contribution in [-0.2, 0) is 0 Å². The first-order valence-corrected chi connectivity index (χ1v) is 12.2. The Kier molecular flexibility index (Phi) is 8.11. The molecule has 0 N–H and O–H groups in total. The van der Waals surface area contributed by atoms with E-state index >= 15 is 0 Å². The fraction of sp³-hybridized carbons (Fsp3) is 0.375. The van der Waals surface area contributed by atoms with Gasteiger partial charge in [0.15, 0.2) is 11.5 Å². The third kappa shape index (κ3) is 5.41. The second kappa shape index (κ2) is 10.6. The molecule has 0 unspecified atom stereocenters. The maximum absolute atomic E-state index is 13.3. The first-order chi connectivity index (χ1) is 15.2. The van der Waals surface area contributed by atoms with Crippen molar-refractivity contribution in [1.29, 1.82) is 0 Å². The number of hydrogen-bond acceptors (Lipinski definition) is 5. The van der Waals surface area contributed by atoms with Gasteiger partial charge in [0, 0.05) is 20.4 Å². The van der Waals surface area contributed by atoms with Gasteiger partial charge in [-0.2, -0.15) is 9.78 Å². The Morgan fingerprint density at radius 3 is 2.53 bits per heavy atom. The predicted octanol–water partition coefficient (Wildman–Crippen LogP) is 6.50. The average Bonchev–Trinajstić information content (AvgIpc) is 2.75. The summed E-state index contributed by atoms with van der Waals surface area (Å²) in [6, 6.07) is 9.22. The van der Waals surface area contributed by atoms with E-state index in [0.717, 1.165) is 20.9 Å². The van der Waals surface area contributed by atoms with Gasteiger partial charge in [-0.25, -0.2) is 4.98 Å². The largest absolute Gasteiger partial charge is 0.490 e. The normalized spacial score (nSPS) is 12.6. The Hall–Kier alpha value is -2.19. The van der Waals surface area contributed by atoms with Crippen molar-refractivity contribution < 1.29 is 9.47 Å². The number of fused-ring (bicyclic) bond motifs is 1. The van der Waals surface area contributed by atoms with Crippen molar-refractivity contribution >= 4 is 49.0 Å². The van der Waals surface area contributed by atoms with Gasteiger partial charge in [-0.05, 0) is 73.5 Å². The lowest BCUT2D eigenvalue weighted by atomic mass is 10.1. The number of aromatic nitrogens is 2. The smallest absolute Gasteiger partial charge is 0.282 e. The van der Waals surface area contributed by atoms with E-state index in [-0.39, 0.29) is 17.6 Å². The molecule has 0 amide bonds. The van der Waals surface area contributed by atoms with E-state index < -0.39 is 0 Å². The van der Waals surface area contributed by atoms with E-state index in [4.69, 9.17) is 14.5 Å². The van der Waals surface area contributed by atoms with E-state index in [2.05, 4.69) is 43.9 Å². The summed E-state index contributed by atoms with van der Waals surface area (Å²) in [6.45, 7) is 10.5. The van der Waals surface area contributed by atoms with Crippen LogP contribution in [0.3, 0.4) is 0 Å². The van der Waals surface area contributed by atoms with E-state index in [1.165, 1.54) is 4.68 Å². The highest BCUT2D eigenvalue weighted by molar-refractivity contribution is 9.10. The number of hydrogen-bond donors (Lipinski definition) is 0. The molecule has 0 spiro atoms. The highest BCUT2D eigenvalue weighted by Crippen LogP contribution is 2.34. The molecule has 170 valence electrons. The summed E-state index contributed by atoms with van der Waals surface area (Å²) in [5.74, 6) is 1.98. The van der Waals surface area contributed by atoms with Crippen LogP contribution in [0, 0.1) is 0 Å². The zero-order valence-corrected chi connectivity index (χ0v) is 22.0. The van der Waals surface area contributed by atoms with Gasteiger partial charge in [-0.1, -0.05) is 29.8 Å². The standard InChI is InChI=1S/C24H27Br2N3O3/c1-6-15(5)23-28-20-9-8-17(25)11-18(20)24(30)29(23)27-13-16-10-21(31-7-2)22(12-19(16)26)32-14(3)4/h8-15H,6-7H2,1-5H3/t15-/m0/s1. The third-order valence-corrected chi connectivity index (χ3v) is 6.10. The topological polar surface area (TPSA) is 65.7 Å². The van der Waals surface area contributed by atoms with Gasteiger partial charge in [0.2, 0.25) is 0 Å². The molecule has 32 heavy (non-hydrogen) atoms. The van der Waals surface area contributed by atoms with Gasteiger partial charge in [-0.15, -0.1) is 0 Å². The number of nitrogens with zero attached hydrogens (tertiary/aromatic N) is 3. The zero-order chi connectivity index (χ0) is 23.4.